The first-order valence-electron chi connectivity index (χ1n) is 6.05. The molecular weight excluding hydrogens is 252 g/mol. The van der Waals surface area contributed by atoms with Crippen molar-refractivity contribution in [2.24, 2.45) is 7.05 Å². The number of nitriles is 1. The zero-order chi connectivity index (χ0) is 14.3. The van der Waals surface area contributed by atoms with Crippen LogP contribution in [0, 0.1) is 11.3 Å². The van der Waals surface area contributed by atoms with Gasteiger partial charge in [0.15, 0.2) is 5.82 Å². The van der Waals surface area contributed by atoms with Crippen LogP contribution in [0.1, 0.15) is 5.56 Å². The molecule has 0 unspecified atom stereocenters. The van der Waals surface area contributed by atoms with Gasteiger partial charge in [-0.25, -0.2) is 5.10 Å². The minimum Gasteiger partial charge on any atom is -0.382 e. The van der Waals surface area contributed by atoms with Crippen molar-refractivity contribution in [3.05, 3.63) is 35.9 Å². The second-order valence-corrected chi connectivity index (χ2v) is 4.51. The zero-order valence-corrected chi connectivity index (χ0v) is 10.9. The van der Waals surface area contributed by atoms with Crippen molar-refractivity contribution in [1.29, 1.82) is 5.26 Å². The number of hydrogen-bond acceptors (Lipinski definition) is 4. The molecule has 6 nitrogen and oxygen atoms in total. The van der Waals surface area contributed by atoms with Crippen molar-refractivity contribution in [3.63, 3.8) is 0 Å². The quantitative estimate of drug-likeness (QED) is 0.572. The monoisotopic (exact) mass is 265 g/mol. The van der Waals surface area contributed by atoms with E-state index in [-0.39, 0.29) is 5.82 Å². The number of hydrogen-bond donors (Lipinski definition) is 3. The number of nitrogen functional groups attached to an aromatic ring is 2. The first-order chi connectivity index (χ1) is 9.63. The summed E-state index contributed by atoms with van der Waals surface area (Å²) in [5.74, 6) is 0.666. The maximum Gasteiger partial charge on any atom is 0.355 e. The Hall–Kier alpha value is -3.07. The van der Waals surface area contributed by atoms with Gasteiger partial charge in [0.05, 0.1) is 0 Å². The Morgan fingerprint density at radius 3 is 2.60 bits per heavy atom. The highest BCUT2D eigenvalue weighted by molar-refractivity contribution is 6.02. The summed E-state index contributed by atoms with van der Waals surface area (Å²) in [6.45, 7) is 0. The van der Waals surface area contributed by atoms with Gasteiger partial charge in [-0.2, -0.15) is 9.94 Å². The van der Waals surface area contributed by atoms with E-state index in [0.29, 0.717) is 28.0 Å². The van der Waals surface area contributed by atoms with E-state index in [1.807, 2.05) is 30.3 Å². The molecule has 0 saturated carbocycles. The number of aryl methyl sites for hydroxylation is 1. The van der Waals surface area contributed by atoms with Crippen LogP contribution in [0.2, 0.25) is 0 Å². The van der Waals surface area contributed by atoms with Crippen molar-refractivity contribution < 1.29 is 4.68 Å². The molecule has 0 fully saturated rings. The van der Waals surface area contributed by atoms with Gasteiger partial charge < -0.3 is 11.5 Å². The lowest BCUT2D eigenvalue weighted by molar-refractivity contribution is -0.703. The number of aromatic amines is 1. The lowest BCUT2D eigenvalue weighted by atomic mass is 9.98. The van der Waals surface area contributed by atoms with Crippen LogP contribution in [0.5, 0.6) is 0 Å². The maximum absolute atomic E-state index is 9.39. The third-order valence-electron chi connectivity index (χ3n) is 3.26. The topological polar surface area (TPSA) is 108 Å². The molecule has 6 heteroatoms. The Labute approximate surface area is 115 Å². The average molecular weight is 265 g/mol. The van der Waals surface area contributed by atoms with E-state index in [4.69, 9.17) is 11.5 Å². The van der Waals surface area contributed by atoms with Crippen LogP contribution in [0.4, 0.5) is 11.6 Å². The van der Waals surface area contributed by atoms with Crippen molar-refractivity contribution >= 4 is 22.7 Å². The lowest BCUT2D eigenvalue weighted by Gasteiger charge is -2.04. The fourth-order valence-electron chi connectivity index (χ4n) is 2.38. The number of nitrogens with two attached hydrogens (primary N) is 2. The fourth-order valence-corrected chi connectivity index (χ4v) is 2.38. The molecule has 1 aromatic carbocycles. The Balaban J connectivity index is 2.54. The molecule has 0 aliphatic rings. The summed E-state index contributed by atoms with van der Waals surface area (Å²) >= 11 is 0. The van der Waals surface area contributed by atoms with Gasteiger partial charge in [0, 0.05) is 5.56 Å². The summed E-state index contributed by atoms with van der Waals surface area (Å²) in [5.41, 5.74) is 14.5. The lowest BCUT2D eigenvalue weighted by Crippen LogP contribution is -2.31. The number of nitrogens with zero attached hydrogens (tertiary/aromatic N) is 3. The average Bonchev–Trinajstić information content (AvgIpc) is 2.73. The van der Waals surface area contributed by atoms with Crippen LogP contribution >= 0.6 is 0 Å². The predicted octanol–water partition coefficient (Wildman–Crippen LogP) is 1.09. The molecule has 0 spiro atoms. The van der Waals surface area contributed by atoms with Gasteiger partial charge in [0.2, 0.25) is 0 Å². The Bertz CT molecular complexity index is 842. The Kier molecular flexibility index (Phi) is 2.54. The standard InChI is InChI=1S/C14H12N6/c1-20-14-11(13(17)19-20)10(8-5-3-2-4-6-8)9(7-15)12(16)18-14/h2-6H,1H3,(H4,16,17,18,19)/p+1. The van der Waals surface area contributed by atoms with Crippen LogP contribution in [-0.4, -0.2) is 10.1 Å². The summed E-state index contributed by atoms with van der Waals surface area (Å²) in [4.78, 5) is 4.26. The number of nitrogens with one attached hydrogen (secondary N) is 1. The molecule has 0 bridgehead atoms. The molecule has 0 saturated heterocycles. The van der Waals surface area contributed by atoms with E-state index in [9.17, 15) is 5.26 Å². The molecule has 3 aromatic rings. The molecular formula is C14H13N6+. The summed E-state index contributed by atoms with van der Waals surface area (Å²) in [6.07, 6.45) is 0. The van der Waals surface area contributed by atoms with E-state index >= 15 is 0 Å². The van der Waals surface area contributed by atoms with Gasteiger partial charge >= 0.3 is 5.65 Å². The Morgan fingerprint density at radius 2 is 1.95 bits per heavy atom. The molecule has 0 aliphatic heterocycles. The highest BCUT2D eigenvalue weighted by Gasteiger charge is 2.25. The van der Waals surface area contributed by atoms with E-state index in [1.165, 1.54) is 0 Å². The highest BCUT2D eigenvalue weighted by Crippen LogP contribution is 2.34. The molecule has 2 heterocycles. The summed E-state index contributed by atoms with van der Waals surface area (Å²) in [7, 11) is 1.80. The first kappa shape index (κ1) is 12.0. The summed E-state index contributed by atoms with van der Waals surface area (Å²) < 4.78 is 1.69. The van der Waals surface area contributed by atoms with E-state index in [1.54, 1.807) is 11.7 Å². The molecule has 98 valence electrons. The molecule has 0 radical (unpaired) electrons. The third-order valence-corrected chi connectivity index (χ3v) is 3.26. The predicted molar refractivity (Wildman–Crippen MR) is 76.2 cm³/mol. The van der Waals surface area contributed by atoms with Crippen LogP contribution in [-0.2, 0) is 7.05 Å². The molecule has 20 heavy (non-hydrogen) atoms. The molecule has 3 rings (SSSR count). The number of anilines is 2. The van der Waals surface area contributed by atoms with Crippen molar-refractivity contribution in [3.8, 4) is 17.2 Å². The van der Waals surface area contributed by atoms with Crippen molar-refractivity contribution in [2.45, 2.75) is 0 Å². The van der Waals surface area contributed by atoms with Crippen LogP contribution in [0.25, 0.3) is 22.2 Å². The summed E-state index contributed by atoms with van der Waals surface area (Å²) in [6, 6.07) is 11.7. The highest BCUT2D eigenvalue weighted by atomic mass is 15.3. The minimum atomic E-state index is 0.202. The van der Waals surface area contributed by atoms with Gasteiger partial charge in [-0.1, -0.05) is 30.3 Å². The first-order valence-corrected chi connectivity index (χ1v) is 6.05. The molecule has 2 aromatic heterocycles. The van der Waals surface area contributed by atoms with Gasteiger partial charge in [0.25, 0.3) is 5.82 Å². The van der Waals surface area contributed by atoms with E-state index in [0.717, 1.165) is 5.56 Å². The largest absolute Gasteiger partial charge is 0.382 e. The van der Waals surface area contributed by atoms with E-state index < -0.39 is 0 Å². The number of fused-ring (bicyclic) bond motifs is 1. The number of benzene rings is 1. The van der Waals surface area contributed by atoms with Gasteiger partial charge in [-0.3, -0.25) is 0 Å². The normalized spacial score (nSPS) is 10.6. The van der Waals surface area contributed by atoms with Crippen LogP contribution < -0.4 is 16.1 Å². The third kappa shape index (κ3) is 1.57. The number of aromatic nitrogens is 3. The molecule has 0 atom stereocenters. The number of H-pyrrole nitrogens is 1. The second kappa shape index (κ2) is 4.24. The van der Waals surface area contributed by atoms with Gasteiger partial charge in [0.1, 0.15) is 24.1 Å². The van der Waals surface area contributed by atoms with Crippen LogP contribution in [0.3, 0.4) is 0 Å². The van der Waals surface area contributed by atoms with Crippen LogP contribution in [0.15, 0.2) is 30.3 Å². The molecule has 0 aliphatic carbocycles. The zero-order valence-electron chi connectivity index (χ0n) is 10.9. The SMILES string of the molecule is C[n+]1[nH]c(N)c2c(-c3ccccc3)c(C#N)c(N)nc21. The number of rotatable bonds is 1. The maximum atomic E-state index is 9.39. The molecule has 0 amide bonds. The van der Waals surface area contributed by atoms with Gasteiger partial charge in [-0.15, -0.1) is 0 Å². The smallest absolute Gasteiger partial charge is 0.355 e. The molecule has 5 N–H and O–H groups in total. The summed E-state index contributed by atoms with van der Waals surface area (Å²) in [5, 5.41) is 13.1. The van der Waals surface area contributed by atoms with Crippen molar-refractivity contribution in [1.82, 2.24) is 10.1 Å². The van der Waals surface area contributed by atoms with Gasteiger partial charge in [-0.05, 0) is 10.5 Å². The minimum absolute atomic E-state index is 0.202. The van der Waals surface area contributed by atoms with E-state index in [2.05, 4.69) is 16.2 Å². The number of pyridine rings is 1. The fraction of sp³-hybridized carbons (Fsp3) is 0.0714. The van der Waals surface area contributed by atoms with Crippen molar-refractivity contribution in [2.75, 3.05) is 11.5 Å². The Morgan fingerprint density at radius 1 is 1.25 bits per heavy atom. The second-order valence-electron chi connectivity index (χ2n) is 4.51.